The van der Waals surface area contributed by atoms with E-state index in [4.69, 9.17) is 9.97 Å². The third-order valence-electron chi connectivity index (χ3n) is 8.39. The van der Waals surface area contributed by atoms with Gasteiger partial charge in [-0.3, -0.25) is 0 Å². The molecular formula is C43H30N4. The first-order valence-corrected chi connectivity index (χ1v) is 15.7. The first-order valence-electron chi connectivity index (χ1n) is 15.7. The molecule has 0 saturated carbocycles. The highest BCUT2D eigenvalue weighted by Crippen LogP contribution is 2.36. The fraction of sp³-hybridized carbons (Fsp3) is 0.0233. The predicted octanol–water partition coefficient (Wildman–Crippen LogP) is 10.7. The van der Waals surface area contributed by atoms with Gasteiger partial charge in [0.25, 0.3) is 0 Å². The quantitative estimate of drug-likeness (QED) is 0.190. The van der Waals surface area contributed by atoms with Crippen molar-refractivity contribution >= 4 is 10.8 Å². The van der Waals surface area contributed by atoms with Gasteiger partial charge in [-0.25, -0.2) is 19.9 Å². The van der Waals surface area contributed by atoms with E-state index in [0.717, 1.165) is 61.6 Å². The topological polar surface area (TPSA) is 51.6 Å². The standard InChI is InChI=1S/C43H30N4/c1-29-21-22-44-42(45-29)36-18-10-17-34(24-36)37-25-38(35-20-19-30-11-8-9-16-33(30)23-35)27-39(26-37)43-46-40(31-12-4-2-5-13-31)28-41(47-43)32-14-6-3-7-15-32/h2-28H,1H3. The summed E-state index contributed by atoms with van der Waals surface area (Å²) in [5, 5.41) is 2.41. The molecule has 0 N–H and O–H groups in total. The van der Waals surface area contributed by atoms with Gasteiger partial charge in [0.15, 0.2) is 11.6 Å². The highest BCUT2D eigenvalue weighted by Gasteiger charge is 2.15. The van der Waals surface area contributed by atoms with Crippen molar-refractivity contribution in [1.82, 2.24) is 19.9 Å². The minimum atomic E-state index is 0.673. The second kappa shape index (κ2) is 12.3. The summed E-state index contributed by atoms with van der Waals surface area (Å²) in [5.41, 5.74) is 11.1. The van der Waals surface area contributed by atoms with Gasteiger partial charge in [0.1, 0.15) is 0 Å². The molecule has 0 spiro atoms. The maximum absolute atomic E-state index is 5.16. The van der Waals surface area contributed by atoms with Gasteiger partial charge in [0.2, 0.25) is 0 Å². The van der Waals surface area contributed by atoms with Crippen LogP contribution in [-0.4, -0.2) is 19.9 Å². The van der Waals surface area contributed by atoms with E-state index in [9.17, 15) is 0 Å². The van der Waals surface area contributed by atoms with Crippen LogP contribution >= 0.6 is 0 Å². The monoisotopic (exact) mass is 602 g/mol. The summed E-state index contributed by atoms with van der Waals surface area (Å²) >= 11 is 0. The molecule has 4 nitrogen and oxygen atoms in total. The Balaban J connectivity index is 1.34. The summed E-state index contributed by atoms with van der Waals surface area (Å²) in [6.07, 6.45) is 1.81. The highest BCUT2D eigenvalue weighted by molar-refractivity contribution is 5.89. The Hall–Kier alpha value is -6.26. The van der Waals surface area contributed by atoms with Gasteiger partial charge in [0.05, 0.1) is 11.4 Å². The zero-order valence-electron chi connectivity index (χ0n) is 25.9. The van der Waals surface area contributed by atoms with Crippen LogP contribution in [0.25, 0.3) is 78.3 Å². The molecule has 2 heterocycles. The smallest absolute Gasteiger partial charge is 0.160 e. The summed E-state index contributed by atoms with van der Waals surface area (Å²) in [5.74, 6) is 1.39. The molecule has 4 heteroatoms. The summed E-state index contributed by atoms with van der Waals surface area (Å²) in [6, 6.07) is 54.8. The van der Waals surface area contributed by atoms with Crippen LogP contribution < -0.4 is 0 Å². The number of fused-ring (bicyclic) bond motifs is 1. The van der Waals surface area contributed by atoms with E-state index in [1.54, 1.807) is 0 Å². The number of aryl methyl sites for hydroxylation is 1. The zero-order valence-corrected chi connectivity index (χ0v) is 25.9. The van der Waals surface area contributed by atoms with E-state index in [0.29, 0.717) is 11.6 Å². The van der Waals surface area contributed by atoms with Crippen LogP contribution in [0, 0.1) is 6.92 Å². The van der Waals surface area contributed by atoms with E-state index in [2.05, 4.69) is 125 Å². The fourth-order valence-electron chi connectivity index (χ4n) is 5.97. The van der Waals surface area contributed by atoms with Gasteiger partial charge in [0, 0.05) is 34.1 Å². The molecule has 0 fully saturated rings. The average molecular weight is 603 g/mol. The van der Waals surface area contributed by atoms with Crippen molar-refractivity contribution in [2.24, 2.45) is 0 Å². The molecule has 0 aliphatic heterocycles. The highest BCUT2D eigenvalue weighted by atomic mass is 14.9. The van der Waals surface area contributed by atoms with E-state index < -0.39 is 0 Å². The first kappa shape index (κ1) is 28.2. The minimum Gasteiger partial charge on any atom is -0.237 e. The van der Waals surface area contributed by atoms with Gasteiger partial charge in [-0.2, -0.15) is 0 Å². The van der Waals surface area contributed by atoms with Crippen molar-refractivity contribution in [3.05, 3.63) is 170 Å². The summed E-state index contributed by atoms with van der Waals surface area (Å²) in [4.78, 5) is 19.6. The Kier molecular flexibility index (Phi) is 7.37. The van der Waals surface area contributed by atoms with Crippen LogP contribution in [0.1, 0.15) is 5.69 Å². The number of benzene rings is 6. The molecule has 0 aliphatic carbocycles. The van der Waals surface area contributed by atoms with Gasteiger partial charge < -0.3 is 0 Å². The summed E-state index contributed by atoms with van der Waals surface area (Å²) < 4.78 is 0. The Labute approximate surface area is 274 Å². The maximum atomic E-state index is 5.16. The molecule has 0 aliphatic rings. The zero-order chi connectivity index (χ0) is 31.6. The molecule has 0 radical (unpaired) electrons. The fourth-order valence-corrected chi connectivity index (χ4v) is 5.97. The number of rotatable bonds is 6. The number of nitrogens with zero attached hydrogens (tertiary/aromatic N) is 4. The lowest BCUT2D eigenvalue weighted by molar-refractivity contribution is 1.11. The number of hydrogen-bond donors (Lipinski definition) is 0. The van der Waals surface area contributed by atoms with E-state index in [1.807, 2.05) is 55.6 Å². The summed E-state index contributed by atoms with van der Waals surface area (Å²) in [6.45, 7) is 1.99. The molecule has 0 bridgehead atoms. The predicted molar refractivity (Wildman–Crippen MR) is 192 cm³/mol. The average Bonchev–Trinajstić information content (AvgIpc) is 3.15. The van der Waals surface area contributed by atoms with Crippen molar-refractivity contribution in [2.75, 3.05) is 0 Å². The SMILES string of the molecule is Cc1ccnc(-c2cccc(-c3cc(-c4ccc5ccccc5c4)cc(-c4nc(-c5ccccc5)cc(-c5ccccc5)n4)c3)c2)n1. The van der Waals surface area contributed by atoms with E-state index in [1.165, 1.54) is 10.8 Å². The molecular weight excluding hydrogens is 573 g/mol. The first-order chi connectivity index (χ1) is 23.2. The summed E-state index contributed by atoms with van der Waals surface area (Å²) in [7, 11) is 0. The molecule has 222 valence electrons. The third-order valence-corrected chi connectivity index (χ3v) is 8.39. The van der Waals surface area contributed by atoms with Gasteiger partial charge in [-0.1, -0.05) is 115 Å². The molecule has 0 atom stereocenters. The van der Waals surface area contributed by atoms with Crippen LogP contribution in [0.5, 0.6) is 0 Å². The second-order valence-corrected chi connectivity index (χ2v) is 11.7. The molecule has 0 saturated heterocycles. The van der Waals surface area contributed by atoms with Crippen molar-refractivity contribution in [2.45, 2.75) is 6.92 Å². The molecule has 8 rings (SSSR count). The molecule has 0 amide bonds. The third kappa shape index (κ3) is 5.92. The number of aromatic nitrogens is 4. The molecule has 0 unspecified atom stereocenters. The molecule has 2 aromatic heterocycles. The van der Waals surface area contributed by atoms with Crippen molar-refractivity contribution in [1.29, 1.82) is 0 Å². The Morgan fingerprint density at radius 1 is 0.340 bits per heavy atom. The van der Waals surface area contributed by atoms with Crippen LogP contribution in [0.2, 0.25) is 0 Å². The molecule has 6 aromatic carbocycles. The van der Waals surface area contributed by atoms with Crippen LogP contribution in [0.15, 0.2) is 164 Å². The van der Waals surface area contributed by atoms with Gasteiger partial charge >= 0.3 is 0 Å². The minimum absolute atomic E-state index is 0.673. The number of hydrogen-bond acceptors (Lipinski definition) is 4. The van der Waals surface area contributed by atoms with Crippen molar-refractivity contribution < 1.29 is 0 Å². The van der Waals surface area contributed by atoms with Crippen LogP contribution in [0.4, 0.5) is 0 Å². The Morgan fingerprint density at radius 3 is 1.57 bits per heavy atom. The van der Waals surface area contributed by atoms with Crippen molar-refractivity contribution in [3.63, 3.8) is 0 Å². The molecule has 47 heavy (non-hydrogen) atoms. The lowest BCUT2D eigenvalue weighted by Gasteiger charge is -2.14. The van der Waals surface area contributed by atoms with Gasteiger partial charge in [-0.15, -0.1) is 0 Å². The van der Waals surface area contributed by atoms with E-state index >= 15 is 0 Å². The van der Waals surface area contributed by atoms with Gasteiger partial charge in [-0.05, 0) is 82.4 Å². The Bertz CT molecular complexity index is 2310. The van der Waals surface area contributed by atoms with E-state index in [-0.39, 0.29) is 0 Å². The van der Waals surface area contributed by atoms with Crippen molar-refractivity contribution in [3.8, 4) is 67.5 Å². The van der Waals surface area contributed by atoms with Crippen LogP contribution in [0.3, 0.4) is 0 Å². The lowest BCUT2D eigenvalue weighted by Crippen LogP contribution is -1.97. The normalized spacial score (nSPS) is 11.1. The molecule has 8 aromatic rings. The lowest BCUT2D eigenvalue weighted by atomic mass is 9.93. The second-order valence-electron chi connectivity index (χ2n) is 11.7. The maximum Gasteiger partial charge on any atom is 0.160 e. The van der Waals surface area contributed by atoms with Crippen LogP contribution in [-0.2, 0) is 0 Å². The Morgan fingerprint density at radius 2 is 0.894 bits per heavy atom. The largest absolute Gasteiger partial charge is 0.237 e.